The molecule has 3 rings (SSSR count). The SMILES string of the molecule is C=CCn1c(SCC(=O)Nc2ccc(Cl)c(Cl)c2)nnc1C(C)Oc1ccc(Cl)cc1C. The van der Waals surface area contributed by atoms with E-state index in [2.05, 4.69) is 22.1 Å². The Bertz CT molecular complexity index is 1140. The number of aryl methyl sites for hydroxylation is 1. The number of hydrogen-bond acceptors (Lipinski definition) is 5. The first-order valence-corrected chi connectivity index (χ1v) is 11.7. The number of benzene rings is 2. The lowest BCUT2D eigenvalue weighted by atomic mass is 10.2. The first-order chi connectivity index (χ1) is 15.3. The van der Waals surface area contributed by atoms with Crippen molar-refractivity contribution in [2.75, 3.05) is 11.1 Å². The van der Waals surface area contributed by atoms with Crippen LogP contribution >= 0.6 is 46.6 Å². The standard InChI is InChI=1S/C22H21Cl3N4O2S/c1-4-9-29-21(14(3)31-19-8-5-15(23)10-13(19)2)27-28-22(29)32-12-20(30)26-16-6-7-17(24)18(25)11-16/h4-8,10-11,14H,1,9,12H2,2-3H3,(H,26,30). The number of anilines is 1. The van der Waals surface area contributed by atoms with Crippen LogP contribution in [-0.4, -0.2) is 26.4 Å². The third-order valence-electron chi connectivity index (χ3n) is 4.40. The van der Waals surface area contributed by atoms with Crippen molar-refractivity contribution in [1.82, 2.24) is 14.8 Å². The fourth-order valence-electron chi connectivity index (χ4n) is 2.90. The van der Waals surface area contributed by atoms with Gasteiger partial charge in [-0.2, -0.15) is 0 Å². The molecule has 1 N–H and O–H groups in total. The molecule has 0 aliphatic rings. The van der Waals surface area contributed by atoms with Crippen molar-refractivity contribution < 1.29 is 9.53 Å². The van der Waals surface area contributed by atoms with Gasteiger partial charge < -0.3 is 10.1 Å². The van der Waals surface area contributed by atoms with Gasteiger partial charge in [-0.05, 0) is 55.8 Å². The topological polar surface area (TPSA) is 69.0 Å². The summed E-state index contributed by atoms with van der Waals surface area (Å²) in [6, 6.07) is 10.4. The van der Waals surface area contributed by atoms with Gasteiger partial charge in [0.15, 0.2) is 17.1 Å². The monoisotopic (exact) mass is 510 g/mol. The number of aromatic nitrogens is 3. The number of halogens is 3. The maximum absolute atomic E-state index is 12.4. The molecule has 0 aliphatic heterocycles. The number of rotatable bonds is 9. The summed E-state index contributed by atoms with van der Waals surface area (Å²) in [5.41, 5.74) is 1.49. The molecule has 0 spiro atoms. The van der Waals surface area contributed by atoms with E-state index < -0.39 is 0 Å². The van der Waals surface area contributed by atoms with Crippen molar-refractivity contribution in [3.8, 4) is 5.75 Å². The zero-order chi connectivity index (χ0) is 23.3. The minimum absolute atomic E-state index is 0.140. The van der Waals surface area contributed by atoms with E-state index in [0.717, 1.165) is 5.56 Å². The molecular weight excluding hydrogens is 491 g/mol. The lowest BCUT2D eigenvalue weighted by molar-refractivity contribution is -0.113. The lowest BCUT2D eigenvalue weighted by Gasteiger charge is -2.17. The molecule has 10 heteroatoms. The molecule has 0 fully saturated rings. The van der Waals surface area contributed by atoms with Gasteiger partial charge in [-0.25, -0.2) is 0 Å². The quantitative estimate of drug-likeness (QED) is 0.259. The predicted octanol–water partition coefficient (Wildman–Crippen LogP) is 6.60. The molecule has 168 valence electrons. The highest BCUT2D eigenvalue weighted by molar-refractivity contribution is 7.99. The van der Waals surface area contributed by atoms with E-state index in [0.29, 0.717) is 44.0 Å². The minimum Gasteiger partial charge on any atom is -0.482 e. The largest absolute Gasteiger partial charge is 0.482 e. The Hall–Kier alpha value is -2.19. The summed E-state index contributed by atoms with van der Waals surface area (Å²) < 4.78 is 7.96. The number of carbonyl (C=O) groups excluding carboxylic acids is 1. The highest BCUT2D eigenvalue weighted by atomic mass is 35.5. The maximum Gasteiger partial charge on any atom is 0.234 e. The van der Waals surface area contributed by atoms with Crippen LogP contribution in [0.3, 0.4) is 0 Å². The predicted molar refractivity (Wildman–Crippen MR) is 131 cm³/mol. The molecule has 0 bridgehead atoms. The Morgan fingerprint density at radius 2 is 2.00 bits per heavy atom. The third-order valence-corrected chi connectivity index (χ3v) is 6.34. The number of carbonyl (C=O) groups is 1. The van der Waals surface area contributed by atoms with Crippen LogP contribution in [-0.2, 0) is 11.3 Å². The zero-order valence-corrected chi connectivity index (χ0v) is 20.5. The van der Waals surface area contributed by atoms with Gasteiger partial charge in [-0.15, -0.1) is 16.8 Å². The molecule has 1 unspecified atom stereocenters. The lowest BCUT2D eigenvalue weighted by Crippen LogP contribution is -2.15. The summed E-state index contributed by atoms with van der Waals surface area (Å²) in [7, 11) is 0. The molecule has 32 heavy (non-hydrogen) atoms. The smallest absolute Gasteiger partial charge is 0.234 e. The fraction of sp³-hybridized carbons (Fsp3) is 0.227. The summed E-state index contributed by atoms with van der Waals surface area (Å²) in [6.07, 6.45) is 1.37. The van der Waals surface area contributed by atoms with Crippen molar-refractivity contribution in [3.63, 3.8) is 0 Å². The second-order valence-corrected chi connectivity index (χ2v) is 9.07. The van der Waals surface area contributed by atoms with Gasteiger partial charge in [-0.1, -0.05) is 52.6 Å². The van der Waals surface area contributed by atoms with E-state index in [4.69, 9.17) is 39.5 Å². The van der Waals surface area contributed by atoms with Crippen LogP contribution in [0.2, 0.25) is 15.1 Å². The molecule has 1 heterocycles. The molecule has 0 saturated carbocycles. The normalized spacial score (nSPS) is 11.8. The highest BCUT2D eigenvalue weighted by Gasteiger charge is 2.20. The second-order valence-electron chi connectivity index (χ2n) is 6.88. The van der Waals surface area contributed by atoms with Crippen LogP contribution in [0.5, 0.6) is 5.75 Å². The Labute approximate surface area is 205 Å². The summed E-state index contributed by atoms with van der Waals surface area (Å²) in [5, 5.41) is 13.4. The average molecular weight is 512 g/mol. The van der Waals surface area contributed by atoms with Gasteiger partial charge in [0.05, 0.1) is 15.8 Å². The number of amides is 1. The summed E-state index contributed by atoms with van der Waals surface area (Å²) >= 11 is 19.2. The molecule has 1 atom stereocenters. The van der Waals surface area contributed by atoms with Crippen molar-refractivity contribution in [2.24, 2.45) is 0 Å². The third kappa shape index (κ3) is 6.19. The van der Waals surface area contributed by atoms with E-state index in [1.165, 1.54) is 11.8 Å². The van der Waals surface area contributed by atoms with Gasteiger partial charge in [0, 0.05) is 17.3 Å². The minimum atomic E-state index is -0.373. The van der Waals surface area contributed by atoms with Crippen LogP contribution in [0.25, 0.3) is 0 Å². The fourth-order valence-corrected chi connectivity index (χ4v) is 4.18. The van der Waals surface area contributed by atoms with Crippen LogP contribution in [0.15, 0.2) is 54.2 Å². The van der Waals surface area contributed by atoms with Crippen molar-refractivity contribution in [3.05, 3.63) is 75.5 Å². The number of nitrogens with one attached hydrogen (secondary N) is 1. The van der Waals surface area contributed by atoms with E-state index >= 15 is 0 Å². The Balaban J connectivity index is 1.68. The molecule has 0 aliphatic carbocycles. The first kappa shape index (κ1) is 24.5. The van der Waals surface area contributed by atoms with Crippen LogP contribution in [0, 0.1) is 6.92 Å². The number of allylic oxidation sites excluding steroid dienone is 1. The van der Waals surface area contributed by atoms with Gasteiger partial charge in [-0.3, -0.25) is 9.36 Å². The zero-order valence-electron chi connectivity index (χ0n) is 17.4. The number of thioether (sulfide) groups is 1. The average Bonchev–Trinajstić information content (AvgIpc) is 3.14. The van der Waals surface area contributed by atoms with E-state index in [9.17, 15) is 4.79 Å². The number of hydrogen-bond donors (Lipinski definition) is 1. The maximum atomic E-state index is 12.4. The molecular formula is C22H21Cl3N4O2S. The van der Waals surface area contributed by atoms with E-state index in [1.54, 1.807) is 30.3 Å². The summed E-state index contributed by atoms with van der Waals surface area (Å²) in [5.74, 6) is 1.28. The summed E-state index contributed by atoms with van der Waals surface area (Å²) in [4.78, 5) is 12.4. The van der Waals surface area contributed by atoms with Gasteiger partial charge in [0.25, 0.3) is 0 Å². The molecule has 1 amide bonds. The number of ether oxygens (including phenoxy) is 1. The second kappa shape index (κ2) is 11.1. The molecule has 6 nitrogen and oxygen atoms in total. The Morgan fingerprint density at radius 1 is 1.22 bits per heavy atom. The van der Waals surface area contributed by atoms with Gasteiger partial charge in [0.2, 0.25) is 5.91 Å². The van der Waals surface area contributed by atoms with Crippen molar-refractivity contribution >= 4 is 58.2 Å². The molecule has 1 aromatic heterocycles. The van der Waals surface area contributed by atoms with Gasteiger partial charge >= 0.3 is 0 Å². The highest BCUT2D eigenvalue weighted by Crippen LogP contribution is 2.29. The van der Waals surface area contributed by atoms with E-state index in [-0.39, 0.29) is 17.8 Å². The molecule has 0 saturated heterocycles. The molecule has 3 aromatic rings. The Morgan fingerprint density at radius 3 is 2.69 bits per heavy atom. The molecule has 2 aromatic carbocycles. The van der Waals surface area contributed by atoms with Crippen molar-refractivity contribution in [2.45, 2.75) is 31.7 Å². The van der Waals surface area contributed by atoms with Crippen LogP contribution in [0.4, 0.5) is 5.69 Å². The van der Waals surface area contributed by atoms with Crippen LogP contribution < -0.4 is 10.1 Å². The van der Waals surface area contributed by atoms with E-state index in [1.807, 2.05) is 30.5 Å². The number of nitrogens with zero attached hydrogens (tertiary/aromatic N) is 3. The van der Waals surface area contributed by atoms with Crippen LogP contribution in [0.1, 0.15) is 24.4 Å². The summed E-state index contributed by atoms with van der Waals surface area (Å²) in [6.45, 7) is 8.10. The van der Waals surface area contributed by atoms with Crippen molar-refractivity contribution in [1.29, 1.82) is 0 Å². The Kier molecular flexibility index (Phi) is 8.48. The first-order valence-electron chi connectivity index (χ1n) is 9.63. The van der Waals surface area contributed by atoms with Gasteiger partial charge in [0.1, 0.15) is 5.75 Å². The molecule has 0 radical (unpaired) electrons.